The molecule has 0 aromatic rings. The van der Waals surface area contributed by atoms with Crippen LogP contribution >= 0.6 is 0 Å². The van der Waals surface area contributed by atoms with Gasteiger partial charge in [-0.15, -0.1) is 0 Å². The summed E-state index contributed by atoms with van der Waals surface area (Å²) in [4.78, 5) is 11.7. The molecular formula is C27H54O5. The zero-order valence-corrected chi connectivity index (χ0v) is 21.5. The molecule has 0 aromatic carbocycles. The van der Waals surface area contributed by atoms with Crippen molar-refractivity contribution in [2.45, 2.75) is 123 Å². The minimum absolute atomic E-state index is 0.104. The third kappa shape index (κ3) is 27.4. The first-order valence-electron chi connectivity index (χ1n) is 13.7. The first kappa shape index (κ1) is 31.4. The lowest BCUT2D eigenvalue weighted by Crippen LogP contribution is -2.11. The van der Waals surface area contributed by atoms with Gasteiger partial charge in [-0.25, -0.2) is 0 Å². The third-order valence-electron chi connectivity index (χ3n) is 5.57. The molecule has 0 aliphatic carbocycles. The summed E-state index contributed by atoms with van der Waals surface area (Å²) in [6.07, 6.45) is 20.5. The normalized spacial score (nSPS) is 11.2. The molecule has 0 unspecified atom stereocenters. The molecule has 0 bridgehead atoms. The van der Waals surface area contributed by atoms with Gasteiger partial charge in [0, 0.05) is 19.6 Å². The highest BCUT2D eigenvalue weighted by atomic mass is 16.5. The zero-order chi connectivity index (χ0) is 23.4. The van der Waals surface area contributed by atoms with E-state index in [4.69, 9.17) is 18.9 Å². The van der Waals surface area contributed by atoms with E-state index in [0.717, 1.165) is 25.9 Å². The van der Waals surface area contributed by atoms with E-state index in [-0.39, 0.29) is 5.97 Å². The molecule has 0 N–H and O–H groups in total. The second-order valence-corrected chi connectivity index (χ2v) is 8.76. The largest absolute Gasteiger partial charge is 0.466 e. The molecule has 0 amide bonds. The van der Waals surface area contributed by atoms with Gasteiger partial charge < -0.3 is 18.9 Å². The molecule has 0 saturated carbocycles. The lowest BCUT2D eigenvalue weighted by molar-refractivity contribution is -0.144. The van der Waals surface area contributed by atoms with Gasteiger partial charge in [0.15, 0.2) is 0 Å². The van der Waals surface area contributed by atoms with Crippen molar-refractivity contribution in [3.63, 3.8) is 0 Å². The van der Waals surface area contributed by atoms with E-state index in [1.54, 1.807) is 0 Å². The van der Waals surface area contributed by atoms with Gasteiger partial charge in [0.05, 0.1) is 33.0 Å². The van der Waals surface area contributed by atoms with Crippen LogP contribution in [0.4, 0.5) is 0 Å². The molecule has 0 heterocycles. The van der Waals surface area contributed by atoms with Crippen molar-refractivity contribution in [2.24, 2.45) is 0 Å². The molecule has 0 saturated heterocycles. The quantitative estimate of drug-likeness (QED) is 0.0958. The number of hydrogen-bond acceptors (Lipinski definition) is 5. The van der Waals surface area contributed by atoms with Gasteiger partial charge in [-0.05, 0) is 19.3 Å². The summed E-state index contributed by atoms with van der Waals surface area (Å²) in [5, 5.41) is 0. The average Bonchev–Trinajstić information content (AvgIpc) is 2.80. The smallest absolute Gasteiger partial charge is 0.305 e. The number of carbonyl (C=O) groups is 1. The Labute approximate surface area is 199 Å². The molecule has 0 aromatic heterocycles. The predicted molar refractivity (Wildman–Crippen MR) is 133 cm³/mol. The molecule has 5 nitrogen and oxygen atoms in total. The molecule has 0 aliphatic rings. The second kappa shape index (κ2) is 28.4. The summed E-state index contributed by atoms with van der Waals surface area (Å²) in [6, 6.07) is 0. The van der Waals surface area contributed by atoms with Gasteiger partial charge in [0.25, 0.3) is 0 Å². The summed E-state index contributed by atoms with van der Waals surface area (Å²) in [5.41, 5.74) is 0. The van der Waals surface area contributed by atoms with Gasteiger partial charge in [-0.1, -0.05) is 97.3 Å². The fraction of sp³-hybridized carbons (Fsp3) is 0.963. The fourth-order valence-electron chi connectivity index (χ4n) is 3.52. The number of carbonyl (C=O) groups excluding carboxylic acids is 1. The summed E-state index contributed by atoms with van der Waals surface area (Å²) < 4.78 is 21.7. The van der Waals surface area contributed by atoms with Crippen molar-refractivity contribution in [3.8, 4) is 0 Å². The Morgan fingerprint density at radius 3 is 1.34 bits per heavy atom. The van der Waals surface area contributed by atoms with Crippen LogP contribution in [0.3, 0.4) is 0 Å². The molecule has 0 aliphatic heterocycles. The molecule has 0 atom stereocenters. The minimum atomic E-state index is -0.104. The van der Waals surface area contributed by atoms with Crippen LogP contribution in [0.25, 0.3) is 0 Å². The first-order chi connectivity index (χ1) is 15.8. The maximum atomic E-state index is 11.7. The van der Waals surface area contributed by atoms with Crippen LogP contribution in [0.1, 0.15) is 123 Å². The topological polar surface area (TPSA) is 54.0 Å². The van der Waals surface area contributed by atoms with Crippen molar-refractivity contribution in [1.82, 2.24) is 0 Å². The predicted octanol–water partition coefficient (Wildman–Crippen LogP) is 7.25. The maximum Gasteiger partial charge on any atom is 0.305 e. The minimum Gasteiger partial charge on any atom is -0.466 e. The Morgan fingerprint density at radius 1 is 0.438 bits per heavy atom. The number of ether oxygens (including phenoxy) is 4. The van der Waals surface area contributed by atoms with Crippen LogP contribution in [0.5, 0.6) is 0 Å². The van der Waals surface area contributed by atoms with Crippen molar-refractivity contribution in [2.75, 3.05) is 46.2 Å². The van der Waals surface area contributed by atoms with E-state index >= 15 is 0 Å². The fourth-order valence-corrected chi connectivity index (χ4v) is 3.52. The van der Waals surface area contributed by atoms with E-state index in [2.05, 4.69) is 13.8 Å². The van der Waals surface area contributed by atoms with Gasteiger partial charge in [-0.3, -0.25) is 4.79 Å². The van der Waals surface area contributed by atoms with Crippen molar-refractivity contribution in [3.05, 3.63) is 0 Å². The van der Waals surface area contributed by atoms with Crippen LogP contribution in [0, 0.1) is 0 Å². The van der Waals surface area contributed by atoms with E-state index in [1.165, 1.54) is 77.0 Å². The van der Waals surface area contributed by atoms with Gasteiger partial charge in [-0.2, -0.15) is 0 Å². The number of rotatable bonds is 27. The Morgan fingerprint density at radius 2 is 0.812 bits per heavy atom. The van der Waals surface area contributed by atoms with Gasteiger partial charge in [0.2, 0.25) is 0 Å². The monoisotopic (exact) mass is 458 g/mol. The Kier molecular flexibility index (Phi) is 27.8. The Balaban J connectivity index is 3.14. The highest BCUT2D eigenvalue weighted by Gasteiger charge is 2.02. The standard InChI is InChI=1S/C27H54O5/c1-3-5-7-8-9-10-11-12-13-14-15-17-22-32-27(28)19-18-21-30-24-26-31-25-23-29-20-16-6-4-2/h3-26H2,1-2H3. The first-order valence-corrected chi connectivity index (χ1v) is 13.7. The molecule has 0 spiro atoms. The van der Waals surface area contributed by atoms with Crippen LogP contribution in [-0.2, 0) is 23.7 Å². The lowest BCUT2D eigenvalue weighted by atomic mass is 10.1. The molecule has 32 heavy (non-hydrogen) atoms. The van der Waals surface area contributed by atoms with E-state index in [1.807, 2.05) is 0 Å². The van der Waals surface area contributed by atoms with Crippen LogP contribution in [-0.4, -0.2) is 52.2 Å². The van der Waals surface area contributed by atoms with Crippen molar-refractivity contribution >= 4 is 5.97 Å². The highest BCUT2D eigenvalue weighted by Crippen LogP contribution is 2.12. The van der Waals surface area contributed by atoms with E-state index in [0.29, 0.717) is 52.5 Å². The van der Waals surface area contributed by atoms with Crippen molar-refractivity contribution < 1.29 is 23.7 Å². The lowest BCUT2D eigenvalue weighted by Gasteiger charge is -2.07. The highest BCUT2D eigenvalue weighted by molar-refractivity contribution is 5.69. The maximum absolute atomic E-state index is 11.7. The summed E-state index contributed by atoms with van der Waals surface area (Å²) in [6.45, 7) is 8.80. The van der Waals surface area contributed by atoms with Gasteiger partial charge in [0.1, 0.15) is 0 Å². The number of unbranched alkanes of at least 4 members (excludes halogenated alkanes) is 13. The zero-order valence-electron chi connectivity index (χ0n) is 21.5. The second-order valence-electron chi connectivity index (χ2n) is 8.76. The molecule has 192 valence electrons. The van der Waals surface area contributed by atoms with Crippen molar-refractivity contribution in [1.29, 1.82) is 0 Å². The SMILES string of the molecule is CCCCCCCCCCCCCCOC(=O)CCCOCCOCCOCCCCC. The Hall–Kier alpha value is -0.650. The Bertz CT molecular complexity index is 330. The average molecular weight is 459 g/mol. The van der Waals surface area contributed by atoms with Crippen LogP contribution < -0.4 is 0 Å². The summed E-state index contributed by atoms with van der Waals surface area (Å²) >= 11 is 0. The molecular weight excluding hydrogens is 404 g/mol. The summed E-state index contributed by atoms with van der Waals surface area (Å²) in [5.74, 6) is -0.104. The summed E-state index contributed by atoms with van der Waals surface area (Å²) in [7, 11) is 0. The molecule has 0 rings (SSSR count). The number of hydrogen-bond donors (Lipinski definition) is 0. The number of esters is 1. The van der Waals surface area contributed by atoms with E-state index < -0.39 is 0 Å². The van der Waals surface area contributed by atoms with Crippen LogP contribution in [0.15, 0.2) is 0 Å². The van der Waals surface area contributed by atoms with E-state index in [9.17, 15) is 4.79 Å². The van der Waals surface area contributed by atoms with Gasteiger partial charge >= 0.3 is 5.97 Å². The third-order valence-corrected chi connectivity index (χ3v) is 5.57. The molecule has 5 heteroatoms. The molecule has 0 fully saturated rings. The molecule has 0 radical (unpaired) electrons. The van der Waals surface area contributed by atoms with Crippen LogP contribution in [0.2, 0.25) is 0 Å².